The summed E-state index contributed by atoms with van der Waals surface area (Å²) in [5.41, 5.74) is 5.63. The molecule has 184 valence electrons. The number of methoxy groups -OCH3 is 1. The van der Waals surface area contributed by atoms with E-state index in [4.69, 9.17) is 10.5 Å². The minimum Gasteiger partial charge on any atom is -0.467 e. The van der Waals surface area contributed by atoms with Gasteiger partial charge in [-0.15, -0.1) is 0 Å². The number of esters is 1. The van der Waals surface area contributed by atoms with Gasteiger partial charge in [-0.25, -0.2) is 4.79 Å². The number of carbonyl (C=O) groups is 4. The van der Waals surface area contributed by atoms with E-state index < -0.39 is 29.5 Å². The van der Waals surface area contributed by atoms with Gasteiger partial charge in [0, 0.05) is 18.0 Å². The normalized spacial score (nSPS) is 32.6. The number of hydrogen-bond acceptors (Lipinski definition) is 6. The maximum atomic E-state index is 13.5. The largest absolute Gasteiger partial charge is 0.467 e. The lowest BCUT2D eigenvalue weighted by Gasteiger charge is -2.36. The van der Waals surface area contributed by atoms with Crippen molar-refractivity contribution in [3.05, 3.63) is 0 Å². The van der Waals surface area contributed by atoms with Gasteiger partial charge >= 0.3 is 5.97 Å². The van der Waals surface area contributed by atoms with Gasteiger partial charge in [-0.2, -0.15) is 0 Å². The summed E-state index contributed by atoms with van der Waals surface area (Å²) in [6.07, 6.45) is 2.76. The molecule has 4 aliphatic rings. The topological polar surface area (TPSA) is 131 Å². The minimum atomic E-state index is -0.943. The standard InChI is InChI=1S/C24H38N4O5/c1-22(2,3)17(25)20(31)28-11-13-15(23(13,4)5)16(28)19(30)26-14(21(32)33-6)9-12-10-24(7-8-24)27-18(12)29/h12-17H,7-11,25H2,1-6H3,(H,26,30)(H,27,29)/t12-,13+,14+,15+,16+,17-/m1/s1. The van der Waals surface area contributed by atoms with E-state index in [0.29, 0.717) is 13.0 Å². The van der Waals surface area contributed by atoms with E-state index in [-0.39, 0.29) is 52.8 Å². The van der Waals surface area contributed by atoms with Crippen molar-refractivity contribution in [3.8, 4) is 0 Å². The Bertz CT molecular complexity index is 875. The monoisotopic (exact) mass is 462 g/mol. The number of hydrogen-bond donors (Lipinski definition) is 3. The molecule has 6 atom stereocenters. The summed E-state index contributed by atoms with van der Waals surface area (Å²) in [6.45, 7) is 10.4. The van der Waals surface area contributed by atoms with Gasteiger partial charge in [0.25, 0.3) is 0 Å². The summed E-state index contributed by atoms with van der Waals surface area (Å²) >= 11 is 0. The SMILES string of the molecule is COC(=O)[C@H](C[C@@H]1CC2(CC2)NC1=O)NC(=O)[C@@H]1[C@@H]2[C@H](CN1C(=O)[C@@H](N)C(C)(C)C)C2(C)C. The Kier molecular flexibility index (Phi) is 5.58. The van der Waals surface area contributed by atoms with E-state index in [0.717, 1.165) is 12.8 Å². The lowest BCUT2D eigenvalue weighted by atomic mass is 9.86. The summed E-state index contributed by atoms with van der Waals surface area (Å²) < 4.78 is 4.94. The quantitative estimate of drug-likeness (QED) is 0.495. The lowest BCUT2D eigenvalue weighted by Crippen LogP contribution is -2.58. The molecule has 2 aliphatic heterocycles. The van der Waals surface area contributed by atoms with Gasteiger partial charge < -0.3 is 26.0 Å². The predicted molar refractivity (Wildman–Crippen MR) is 120 cm³/mol. The van der Waals surface area contributed by atoms with E-state index in [2.05, 4.69) is 24.5 Å². The van der Waals surface area contributed by atoms with E-state index >= 15 is 0 Å². The molecule has 9 heteroatoms. The number of piperidine rings is 1. The van der Waals surface area contributed by atoms with Gasteiger partial charge in [-0.1, -0.05) is 34.6 Å². The maximum Gasteiger partial charge on any atom is 0.328 e. The van der Waals surface area contributed by atoms with Gasteiger partial charge in [0.05, 0.1) is 13.2 Å². The molecular formula is C24H38N4O5. The van der Waals surface area contributed by atoms with Crippen LogP contribution in [0, 0.1) is 28.6 Å². The second-order valence-corrected chi connectivity index (χ2v) is 12.2. The van der Waals surface area contributed by atoms with Crippen LogP contribution in [0.15, 0.2) is 0 Å². The summed E-state index contributed by atoms with van der Waals surface area (Å²) in [5.74, 6) is -1.40. The van der Waals surface area contributed by atoms with E-state index in [1.54, 1.807) is 4.90 Å². The number of nitrogens with zero attached hydrogens (tertiary/aromatic N) is 1. The molecule has 0 aromatic carbocycles. The van der Waals surface area contributed by atoms with Crippen molar-refractivity contribution in [1.82, 2.24) is 15.5 Å². The molecule has 2 saturated heterocycles. The first-order valence-corrected chi connectivity index (χ1v) is 12.0. The fourth-order valence-electron chi connectivity index (χ4n) is 5.91. The Morgan fingerprint density at radius 3 is 2.42 bits per heavy atom. The van der Waals surface area contributed by atoms with Crippen LogP contribution in [-0.4, -0.2) is 65.9 Å². The molecule has 4 fully saturated rings. The van der Waals surface area contributed by atoms with Crippen molar-refractivity contribution < 1.29 is 23.9 Å². The van der Waals surface area contributed by atoms with Crippen molar-refractivity contribution in [3.63, 3.8) is 0 Å². The highest BCUT2D eigenvalue weighted by Crippen LogP contribution is 2.65. The van der Waals surface area contributed by atoms with Crippen LogP contribution in [0.25, 0.3) is 0 Å². The van der Waals surface area contributed by atoms with E-state index in [1.165, 1.54) is 7.11 Å². The van der Waals surface area contributed by atoms with Crippen LogP contribution in [0.1, 0.15) is 60.3 Å². The fraction of sp³-hybridized carbons (Fsp3) is 0.833. The molecule has 4 N–H and O–H groups in total. The Hall–Kier alpha value is -2.16. The maximum absolute atomic E-state index is 13.5. The molecule has 0 bridgehead atoms. The van der Waals surface area contributed by atoms with Crippen molar-refractivity contribution in [2.75, 3.05) is 13.7 Å². The third-order valence-corrected chi connectivity index (χ3v) is 8.53. The van der Waals surface area contributed by atoms with Gasteiger partial charge in [-0.3, -0.25) is 14.4 Å². The fourth-order valence-corrected chi connectivity index (χ4v) is 5.91. The smallest absolute Gasteiger partial charge is 0.328 e. The Balaban J connectivity index is 1.51. The van der Waals surface area contributed by atoms with Crippen LogP contribution >= 0.6 is 0 Å². The zero-order valence-electron chi connectivity index (χ0n) is 20.6. The number of nitrogens with two attached hydrogens (primary N) is 1. The van der Waals surface area contributed by atoms with E-state index in [1.807, 2.05) is 20.8 Å². The highest BCUT2D eigenvalue weighted by atomic mass is 16.5. The molecule has 33 heavy (non-hydrogen) atoms. The molecule has 2 saturated carbocycles. The van der Waals surface area contributed by atoms with Crippen LogP contribution in [-0.2, 0) is 23.9 Å². The molecule has 0 radical (unpaired) electrons. The third kappa shape index (κ3) is 4.13. The number of carbonyl (C=O) groups excluding carboxylic acids is 4. The molecule has 4 rings (SSSR count). The lowest BCUT2D eigenvalue weighted by molar-refractivity contribution is -0.148. The van der Waals surface area contributed by atoms with Gasteiger partial charge in [0.1, 0.15) is 12.1 Å². The molecule has 0 unspecified atom stereocenters. The third-order valence-electron chi connectivity index (χ3n) is 8.53. The van der Waals surface area contributed by atoms with Crippen LogP contribution in [0.2, 0.25) is 0 Å². The Morgan fingerprint density at radius 1 is 1.27 bits per heavy atom. The van der Waals surface area contributed by atoms with Crippen LogP contribution in [0.4, 0.5) is 0 Å². The van der Waals surface area contributed by atoms with Crippen molar-refractivity contribution in [2.45, 2.75) is 84.0 Å². The molecule has 1 spiro atoms. The zero-order valence-corrected chi connectivity index (χ0v) is 20.6. The summed E-state index contributed by atoms with van der Waals surface area (Å²) in [6, 6.07) is -2.37. The minimum absolute atomic E-state index is 0.0106. The number of fused-ring (bicyclic) bond motifs is 1. The number of ether oxygens (including phenoxy) is 1. The number of likely N-dealkylation sites (tertiary alicyclic amines) is 1. The number of nitrogens with one attached hydrogen (secondary N) is 2. The second kappa shape index (κ2) is 7.68. The van der Waals surface area contributed by atoms with Gasteiger partial charge in [0.2, 0.25) is 17.7 Å². The van der Waals surface area contributed by atoms with E-state index in [9.17, 15) is 19.2 Å². The molecule has 3 amide bonds. The Morgan fingerprint density at radius 2 is 1.91 bits per heavy atom. The van der Waals surface area contributed by atoms with Crippen LogP contribution < -0.4 is 16.4 Å². The Labute approximate surface area is 195 Å². The first kappa shape index (κ1) is 24.0. The van der Waals surface area contributed by atoms with Crippen molar-refractivity contribution >= 4 is 23.7 Å². The number of amides is 3. The second-order valence-electron chi connectivity index (χ2n) is 12.2. The highest BCUT2D eigenvalue weighted by Gasteiger charge is 2.69. The van der Waals surface area contributed by atoms with Crippen LogP contribution in [0.3, 0.4) is 0 Å². The first-order chi connectivity index (χ1) is 15.2. The first-order valence-electron chi connectivity index (χ1n) is 12.0. The molecule has 2 heterocycles. The number of rotatable bonds is 6. The molecular weight excluding hydrogens is 424 g/mol. The van der Waals surface area contributed by atoms with Crippen LogP contribution in [0.5, 0.6) is 0 Å². The summed E-state index contributed by atoms with van der Waals surface area (Å²) in [4.78, 5) is 53.3. The van der Waals surface area contributed by atoms with Gasteiger partial charge in [-0.05, 0) is 48.3 Å². The zero-order chi connectivity index (χ0) is 24.5. The van der Waals surface area contributed by atoms with Crippen molar-refractivity contribution in [1.29, 1.82) is 0 Å². The molecule has 2 aliphatic carbocycles. The van der Waals surface area contributed by atoms with Gasteiger partial charge in [0.15, 0.2) is 0 Å². The summed E-state index contributed by atoms with van der Waals surface area (Å²) in [7, 11) is 1.27. The molecule has 0 aromatic rings. The predicted octanol–water partition coefficient (Wildman–Crippen LogP) is 0.559. The molecule has 0 aromatic heterocycles. The highest BCUT2D eigenvalue weighted by molar-refractivity contribution is 5.94. The average Bonchev–Trinajstić information content (AvgIpc) is 3.44. The molecule has 9 nitrogen and oxygen atoms in total. The average molecular weight is 463 g/mol. The van der Waals surface area contributed by atoms with Crippen molar-refractivity contribution in [2.24, 2.45) is 34.3 Å². The summed E-state index contributed by atoms with van der Waals surface area (Å²) in [5, 5.41) is 5.86.